The van der Waals surface area contributed by atoms with E-state index in [1.165, 1.54) is 11.1 Å². The number of hydrogen-bond acceptors (Lipinski definition) is 2. The average Bonchev–Trinajstić information content (AvgIpc) is 2.50. The maximum atomic E-state index is 12.2. The Kier molecular flexibility index (Phi) is 4.94. The molecule has 0 radical (unpaired) electrons. The summed E-state index contributed by atoms with van der Waals surface area (Å²) in [6.07, 6.45) is 2.62. The van der Waals surface area contributed by atoms with Gasteiger partial charge in [-0.15, -0.1) is 0 Å². The molecule has 2 rings (SSSR count). The van der Waals surface area contributed by atoms with Crippen LogP contribution in [0.4, 0.5) is 5.69 Å². The third-order valence-electron chi connectivity index (χ3n) is 3.47. The van der Waals surface area contributed by atoms with Crippen molar-refractivity contribution in [2.75, 3.05) is 5.32 Å². The maximum absolute atomic E-state index is 12.2. The first kappa shape index (κ1) is 15.0. The fraction of sp³-hybridized carbons (Fsp3) is 0.211. The first-order valence-corrected chi connectivity index (χ1v) is 7.25. The van der Waals surface area contributed by atoms with Gasteiger partial charge in [0.15, 0.2) is 5.78 Å². The molecule has 0 fully saturated rings. The van der Waals surface area contributed by atoms with Crippen LogP contribution >= 0.6 is 0 Å². The first-order chi connectivity index (χ1) is 10.1. The van der Waals surface area contributed by atoms with Gasteiger partial charge in [0, 0.05) is 23.0 Å². The second-order valence-corrected chi connectivity index (χ2v) is 5.15. The van der Waals surface area contributed by atoms with Crippen LogP contribution in [0, 0.1) is 6.92 Å². The smallest absolute Gasteiger partial charge is 0.187 e. The summed E-state index contributed by atoms with van der Waals surface area (Å²) in [4.78, 5) is 12.2. The molecule has 0 saturated heterocycles. The Labute approximate surface area is 126 Å². The monoisotopic (exact) mass is 279 g/mol. The van der Waals surface area contributed by atoms with Crippen LogP contribution in [0.1, 0.15) is 35.3 Å². The Morgan fingerprint density at radius 3 is 2.48 bits per heavy atom. The van der Waals surface area contributed by atoms with E-state index >= 15 is 0 Å². The summed E-state index contributed by atoms with van der Waals surface area (Å²) in [6, 6.07) is 15.6. The molecule has 2 nitrogen and oxygen atoms in total. The van der Waals surface area contributed by atoms with Crippen LogP contribution in [0.5, 0.6) is 0 Å². The lowest BCUT2D eigenvalue weighted by Crippen LogP contribution is -2.04. The van der Waals surface area contributed by atoms with E-state index in [9.17, 15) is 4.79 Å². The summed E-state index contributed by atoms with van der Waals surface area (Å²) < 4.78 is 0. The molecular formula is C19H21NO. The summed E-state index contributed by atoms with van der Waals surface area (Å²) in [6.45, 7) is 6.13. The van der Waals surface area contributed by atoms with Gasteiger partial charge in [-0.1, -0.05) is 55.5 Å². The van der Waals surface area contributed by atoms with E-state index in [2.05, 4.69) is 37.4 Å². The molecule has 0 aromatic heterocycles. The number of para-hydroxylation sites is 1. The summed E-state index contributed by atoms with van der Waals surface area (Å²) in [5.74, 6) is 0.0206. The van der Waals surface area contributed by atoms with Gasteiger partial charge >= 0.3 is 0 Å². The largest absolute Gasteiger partial charge is 0.359 e. The molecule has 21 heavy (non-hydrogen) atoms. The van der Waals surface area contributed by atoms with Crippen molar-refractivity contribution in [1.29, 1.82) is 0 Å². The van der Waals surface area contributed by atoms with Crippen molar-refractivity contribution in [3.8, 4) is 0 Å². The van der Waals surface area contributed by atoms with Crippen LogP contribution in [-0.2, 0) is 6.42 Å². The van der Waals surface area contributed by atoms with Gasteiger partial charge in [-0.3, -0.25) is 4.79 Å². The number of carbonyl (C=O) groups is 1. The molecule has 0 atom stereocenters. The van der Waals surface area contributed by atoms with Gasteiger partial charge in [-0.25, -0.2) is 0 Å². The molecule has 108 valence electrons. The Balaban J connectivity index is 2.20. The molecule has 0 unspecified atom stereocenters. The third-order valence-corrected chi connectivity index (χ3v) is 3.47. The number of benzene rings is 2. The molecular weight excluding hydrogens is 258 g/mol. The van der Waals surface area contributed by atoms with Gasteiger partial charge in [0.1, 0.15) is 0 Å². The number of aryl methyl sites for hydroxylation is 2. The van der Waals surface area contributed by atoms with Gasteiger partial charge < -0.3 is 5.32 Å². The van der Waals surface area contributed by atoms with Crippen LogP contribution < -0.4 is 5.32 Å². The van der Waals surface area contributed by atoms with E-state index in [1.54, 1.807) is 6.08 Å². The highest BCUT2D eigenvalue weighted by Crippen LogP contribution is 2.22. The molecule has 2 aromatic carbocycles. The Morgan fingerprint density at radius 2 is 1.81 bits per heavy atom. The first-order valence-electron chi connectivity index (χ1n) is 7.25. The second kappa shape index (κ2) is 6.89. The molecule has 2 aromatic rings. The Hall–Kier alpha value is -2.35. The molecule has 2 heteroatoms. The fourth-order valence-corrected chi connectivity index (χ4v) is 2.32. The zero-order valence-electron chi connectivity index (χ0n) is 12.8. The normalized spacial score (nSPS) is 11.3. The summed E-state index contributed by atoms with van der Waals surface area (Å²) in [7, 11) is 0. The number of ketones is 1. The second-order valence-electron chi connectivity index (χ2n) is 5.15. The average molecular weight is 279 g/mol. The van der Waals surface area contributed by atoms with E-state index in [1.807, 2.05) is 37.3 Å². The van der Waals surface area contributed by atoms with Crippen molar-refractivity contribution < 1.29 is 4.79 Å². The SMILES string of the molecule is CCc1cccc(C)c1N/C(C)=C/C(=O)c1ccccc1. The van der Waals surface area contributed by atoms with Crippen molar-refractivity contribution in [3.63, 3.8) is 0 Å². The number of nitrogens with one attached hydrogen (secondary N) is 1. The van der Waals surface area contributed by atoms with Gasteiger partial charge in [0.25, 0.3) is 0 Å². The van der Waals surface area contributed by atoms with E-state index in [0.29, 0.717) is 5.56 Å². The topological polar surface area (TPSA) is 29.1 Å². The molecule has 0 spiro atoms. The van der Waals surface area contributed by atoms with Gasteiger partial charge in [-0.2, -0.15) is 0 Å². The van der Waals surface area contributed by atoms with Crippen LogP contribution in [0.15, 0.2) is 60.3 Å². The zero-order chi connectivity index (χ0) is 15.2. The van der Waals surface area contributed by atoms with E-state index in [-0.39, 0.29) is 5.78 Å². The van der Waals surface area contributed by atoms with Crippen LogP contribution in [0.3, 0.4) is 0 Å². The number of rotatable bonds is 5. The minimum absolute atomic E-state index is 0.0206. The lowest BCUT2D eigenvalue weighted by Gasteiger charge is -2.14. The highest BCUT2D eigenvalue weighted by atomic mass is 16.1. The molecule has 0 aliphatic rings. The highest BCUT2D eigenvalue weighted by molar-refractivity contribution is 6.05. The highest BCUT2D eigenvalue weighted by Gasteiger charge is 2.06. The van der Waals surface area contributed by atoms with Gasteiger partial charge in [0.05, 0.1) is 0 Å². The quantitative estimate of drug-likeness (QED) is 0.631. The number of anilines is 1. The summed E-state index contributed by atoms with van der Waals surface area (Å²) in [5, 5.41) is 3.37. The fourth-order valence-electron chi connectivity index (χ4n) is 2.32. The standard InChI is InChI=1S/C19H21NO/c1-4-16-12-8-9-14(2)19(16)20-15(3)13-18(21)17-10-6-5-7-11-17/h5-13,20H,4H2,1-3H3/b15-13+. The number of carbonyl (C=O) groups excluding carboxylic acids is 1. The predicted molar refractivity (Wildman–Crippen MR) is 88.7 cm³/mol. The van der Waals surface area contributed by atoms with Gasteiger partial charge in [-0.05, 0) is 31.4 Å². The molecule has 1 N–H and O–H groups in total. The molecule has 0 aliphatic heterocycles. The molecule has 0 heterocycles. The molecule has 0 bridgehead atoms. The van der Waals surface area contributed by atoms with E-state index in [4.69, 9.17) is 0 Å². The molecule has 0 amide bonds. The third kappa shape index (κ3) is 3.82. The molecule has 0 saturated carbocycles. The van der Waals surface area contributed by atoms with Gasteiger partial charge in [0.2, 0.25) is 0 Å². The maximum Gasteiger partial charge on any atom is 0.187 e. The Morgan fingerprint density at radius 1 is 1.10 bits per heavy atom. The van der Waals surface area contributed by atoms with Crippen molar-refractivity contribution in [3.05, 3.63) is 77.0 Å². The van der Waals surface area contributed by atoms with Crippen LogP contribution in [0.2, 0.25) is 0 Å². The summed E-state index contributed by atoms with van der Waals surface area (Å²) >= 11 is 0. The van der Waals surface area contributed by atoms with Crippen molar-refractivity contribution in [1.82, 2.24) is 0 Å². The minimum Gasteiger partial charge on any atom is -0.359 e. The number of hydrogen-bond donors (Lipinski definition) is 1. The zero-order valence-corrected chi connectivity index (χ0v) is 12.8. The lowest BCUT2D eigenvalue weighted by atomic mass is 10.1. The minimum atomic E-state index is 0.0206. The van der Waals surface area contributed by atoms with Crippen molar-refractivity contribution in [2.24, 2.45) is 0 Å². The number of allylic oxidation sites excluding steroid dienone is 2. The van der Waals surface area contributed by atoms with Crippen LogP contribution in [0.25, 0.3) is 0 Å². The van der Waals surface area contributed by atoms with Crippen LogP contribution in [-0.4, -0.2) is 5.78 Å². The molecule has 0 aliphatic carbocycles. The van der Waals surface area contributed by atoms with E-state index < -0.39 is 0 Å². The van der Waals surface area contributed by atoms with E-state index in [0.717, 1.165) is 17.8 Å². The van der Waals surface area contributed by atoms with Crippen molar-refractivity contribution >= 4 is 11.5 Å². The van der Waals surface area contributed by atoms with Crippen molar-refractivity contribution in [2.45, 2.75) is 27.2 Å². The predicted octanol–water partition coefficient (Wildman–Crippen LogP) is 4.76. The lowest BCUT2D eigenvalue weighted by molar-refractivity contribution is 0.104. The Bertz CT molecular complexity index is 657. The summed E-state index contributed by atoms with van der Waals surface area (Å²) in [5.41, 5.74) is 5.12.